The van der Waals surface area contributed by atoms with E-state index in [0.717, 1.165) is 6.42 Å². The zero-order valence-electron chi connectivity index (χ0n) is 19.0. The van der Waals surface area contributed by atoms with Crippen LogP contribution in [0.25, 0.3) is 0 Å². The minimum atomic E-state index is -0.251. The number of hydrogen-bond acceptors (Lipinski definition) is 2. The molecule has 0 aromatic heterocycles. The monoisotopic (exact) mass is 380 g/mol. The van der Waals surface area contributed by atoms with Gasteiger partial charge in [0.2, 0.25) is 0 Å². The standard InChI is InChI=1S/C25H48O2/c1-6-7-8-9-10-11-12-13-14-15-16-17-18-19-24(22(2)3)20-21-27-25(26)23(4)5/h22,24H,4,6-21H2,1-3,5H3. The second-order valence-electron chi connectivity index (χ2n) is 8.74. The number of hydrogen-bond donors (Lipinski definition) is 0. The predicted molar refractivity (Wildman–Crippen MR) is 119 cm³/mol. The van der Waals surface area contributed by atoms with E-state index in [0.29, 0.717) is 24.0 Å². The van der Waals surface area contributed by atoms with Crippen molar-refractivity contribution in [2.24, 2.45) is 11.8 Å². The Balaban J connectivity index is 3.51. The van der Waals surface area contributed by atoms with Crippen molar-refractivity contribution >= 4 is 5.97 Å². The normalized spacial score (nSPS) is 12.3. The molecule has 0 saturated heterocycles. The molecule has 0 aromatic rings. The van der Waals surface area contributed by atoms with E-state index in [4.69, 9.17) is 4.74 Å². The zero-order valence-corrected chi connectivity index (χ0v) is 19.0. The van der Waals surface area contributed by atoms with Gasteiger partial charge in [0, 0.05) is 5.57 Å². The molecular weight excluding hydrogens is 332 g/mol. The molecule has 0 aliphatic rings. The minimum Gasteiger partial charge on any atom is -0.462 e. The van der Waals surface area contributed by atoms with E-state index >= 15 is 0 Å². The van der Waals surface area contributed by atoms with Crippen LogP contribution in [-0.4, -0.2) is 12.6 Å². The molecule has 0 heterocycles. The molecule has 0 radical (unpaired) electrons. The first kappa shape index (κ1) is 26.2. The van der Waals surface area contributed by atoms with E-state index in [1.807, 2.05) is 0 Å². The highest BCUT2D eigenvalue weighted by Crippen LogP contribution is 2.23. The highest BCUT2D eigenvalue weighted by molar-refractivity contribution is 5.86. The van der Waals surface area contributed by atoms with E-state index in [9.17, 15) is 4.79 Å². The van der Waals surface area contributed by atoms with E-state index in [2.05, 4.69) is 27.4 Å². The summed E-state index contributed by atoms with van der Waals surface area (Å²) in [5.41, 5.74) is 0.493. The average Bonchev–Trinajstić information content (AvgIpc) is 2.63. The molecule has 0 amide bonds. The predicted octanol–water partition coefficient (Wildman–Crippen LogP) is 8.25. The number of rotatable bonds is 19. The maximum atomic E-state index is 11.5. The number of unbranched alkanes of at least 4 members (excludes halogenated alkanes) is 12. The summed E-state index contributed by atoms with van der Waals surface area (Å²) < 4.78 is 5.26. The Bertz CT molecular complexity index is 359. The van der Waals surface area contributed by atoms with E-state index in [-0.39, 0.29) is 5.97 Å². The molecule has 0 aliphatic carbocycles. The SMILES string of the molecule is C=C(C)C(=O)OCCC(CCCCCCCCCCCCCCC)C(C)C. The Morgan fingerprint density at radius 1 is 0.778 bits per heavy atom. The number of carbonyl (C=O) groups is 1. The van der Waals surface area contributed by atoms with Crippen LogP contribution in [0.1, 0.15) is 124 Å². The first-order chi connectivity index (χ1) is 13.0. The molecule has 27 heavy (non-hydrogen) atoms. The first-order valence-corrected chi connectivity index (χ1v) is 11.8. The van der Waals surface area contributed by atoms with Crippen molar-refractivity contribution in [2.75, 3.05) is 6.61 Å². The summed E-state index contributed by atoms with van der Waals surface area (Å²) >= 11 is 0. The molecule has 160 valence electrons. The summed E-state index contributed by atoms with van der Waals surface area (Å²) in [6.07, 6.45) is 20.5. The summed E-state index contributed by atoms with van der Waals surface area (Å²) in [6, 6.07) is 0. The van der Waals surface area contributed by atoms with Crippen LogP contribution in [0.4, 0.5) is 0 Å². The van der Waals surface area contributed by atoms with Crippen LogP contribution in [0.5, 0.6) is 0 Å². The molecule has 0 saturated carbocycles. The average molecular weight is 381 g/mol. The molecule has 0 N–H and O–H groups in total. The Morgan fingerprint density at radius 2 is 1.22 bits per heavy atom. The van der Waals surface area contributed by atoms with E-state index in [1.165, 1.54) is 89.9 Å². The van der Waals surface area contributed by atoms with Gasteiger partial charge in [0.25, 0.3) is 0 Å². The van der Waals surface area contributed by atoms with Gasteiger partial charge in [-0.15, -0.1) is 0 Å². The lowest BCUT2D eigenvalue weighted by Gasteiger charge is -2.20. The van der Waals surface area contributed by atoms with Gasteiger partial charge in [-0.05, 0) is 25.2 Å². The number of esters is 1. The highest BCUT2D eigenvalue weighted by Gasteiger charge is 2.14. The van der Waals surface area contributed by atoms with Crippen LogP contribution in [-0.2, 0) is 9.53 Å². The molecule has 1 atom stereocenters. The third kappa shape index (κ3) is 17.1. The van der Waals surface area contributed by atoms with Gasteiger partial charge in [0.15, 0.2) is 0 Å². The third-order valence-corrected chi connectivity index (χ3v) is 5.69. The number of carbonyl (C=O) groups excluding carboxylic acids is 1. The molecule has 0 spiro atoms. The Kier molecular flexibility index (Phi) is 18.0. The van der Waals surface area contributed by atoms with Crippen LogP contribution >= 0.6 is 0 Å². The van der Waals surface area contributed by atoms with Gasteiger partial charge >= 0.3 is 5.97 Å². The second-order valence-corrected chi connectivity index (χ2v) is 8.74. The molecule has 0 aliphatic heterocycles. The smallest absolute Gasteiger partial charge is 0.333 e. The number of ether oxygens (including phenoxy) is 1. The summed E-state index contributed by atoms with van der Waals surface area (Å²) in [5, 5.41) is 0. The van der Waals surface area contributed by atoms with Gasteiger partial charge in [-0.25, -0.2) is 4.79 Å². The van der Waals surface area contributed by atoms with E-state index < -0.39 is 0 Å². The maximum Gasteiger partial charge on any atom is 0.333 e. The van der Waals surface area contributed by atoms with Crippen LogP contribution < -0.4 is 0 Å². The summed E-state index contributed by atoms with van der Waals surface area (Å²) in [7, 11) is 0. The molecule has 0 fully saturated rings. The lowest BCUT2D eigenvalue weighted by molar-refractivity contribution is -0.139. The fraction of sp³-hybridized carbons (Fsp3) is 0.880. The molecule has 0 rings (SSSR count). The van der Waals surface area contributed by atoms with Crippen molar-refractivity contribution in [3.05, 3.63) is 12.2 Å². The molecule has 2 nitrogen and oxygen atoms in total. The molecular formula is C25H48O2. The second kappa shape index (κ2) is 18.6. The third-order valence-electron chi connectivity index (χ3n) is 5.69. The topological polar surface area (TPSA) is 26.3 Å². The van der Waals surface area contributed by atoms with Crippen LogP contribution in [0.15, 0.2) is 12.2 Å². The van der Waals surface area contributed by atoms with Crippen LogP contribution in [0.2, 0.25) is 0 Å². The Hall–Kier alpha value is -0.790. The van der Waals surface area contributed by atoms with Crippen LogP contribution in [0, 0.1) is 11.8 Å². The quantitative estimate of drug-likeness (QED) is 0.128. The van der Waals surface area contributed by atoms with Gasteiger partial charge in [-0.1, -0.05) is 117 Å². The van der Waals surface area contributed by atoms with Crippen molar-refractivity contribution in [3.63, 3.8) is 0 Å². The fourth-order valence-electron chi connectivity index (χ4n) is 3.66. The Morgan fingerprint density at radius 3 is 1.63 bits per heavy atom. The summed E-state index contributed by atoms with van der Waals surface area (Å²) in [5.74, 6) is 1.07. The first-order valence-electron chi connectivity index (χ1n) is 11.8. The van der Waals surface area contributed by atoms with Gasteiger partial charge < -0.3 is 4.74 Å². The minimum absolute atomic E-state index is 0.251. The zero-order chi connectivity index (χ0) is 20.3. The van der Waals surface area contributed by atoms with Gasteiger partial charge in [-0.2, -0.15) is 0 Å². The van der Waals surface area contributed by atoms with Crippen LogP contribution in [0.3, 0.4) is 0 Å². The maximum absolute atomic E-state index is 11.5. The molecule has 1 unspecified atom stereocenters. The van der Waals surface area contributed by atoms with Gasteiger partial charge in [-0.3, -0.25) is 0 Å². The largest absolute Gasteiger partial charge is 0.462 e. The van der Waals surface area contributed by atoms with E-state index in [1.54, 1.807) is 6.92 Å². The Labute approximate surface area is 170 Å². The van der Waals surface area contributed by atoms with Gasteiger partial charge in [0.1, 0.15) is 0 Å². The van der Waals surface area contributed by atoms with Gasteiger partial charge in [0.05, 0.1) is 6.61 Å². The molecule has 0 aromatic carbocycles. The van der Waals surface area contributed by atoms with Crippen molar-refractivity contribution in [2.45, 2.75) is 124 Å². The van der Waals surface area contributed by atoms with Crippen molar-refractivity contribution in [1.29, 1.82) is 0 Å². The summed E-state index contributed by atoms with van der Waals surface area (Å²) in [4.78, 5) is 11.5. The van der Waals surface area contributed by atoms with Crippen molar-refractivity contribution < 1.29 is 9.53 Å². The lowest BCUT2D eigenvalue weighted by Crippen LogP contribution is -2.14. The molecule has 0 bridgehead atoms. The summed E-state index contributed by atoms with van der Waals surface area (Å²) in [6.45, 7) is 12.7. The molecule has 2 heteroatoms. The highest BCUT2D eigenvalue weighted by atomic mass is 16.5. The lowest BCUT2D eigenvalue weighted by atomic mass is 9.87. The van der Waals surface area contributed by atoms with Crippen molar-refractivity contribution in [3.8, 4) is 0 Å². The fourth-order valence-corrected chi connectivity index (χ4v) is 3.66. The van der Waals surface area contributed by atoms with Crippen molar-refractivity contribution in [1.82, 2.24) is 0 Å².